The summed E-state index contributed by atoms with van der Waals surface area (Å²) >= 11 is 0. The van der Waals surface area contributed by atoms with E-state index in [2.05, 4.69) is 20.6 Å². The Hall–Kier alpha value is -3.60. The van der Waals surface area contributed by atoms with Crippen LogP contribution in [0.4, 0.5) is 16.0 Å². The number of carbonyl (C=O) groups is 1. The molecule has 0 spiro atoms. The fourth-order valence-electron chi connectivity index (χ4n) is 6.29. The quantitative estimate of drug-likeness (QED) is 0.273. The molecular formula is C32H44FN7O2. The minimum atomic E-state index is -0.760. The molecule has 3 aromatic rings. The van der Waals surface area contributed by atoms with E-state index < -0.39 is 29.4 Å². The number of aliphatic hydroxyl groups excluding tert-OH is 1. The van der Waals surface area contributed by atoms with Gasteiger partial charge in [0.05, 0.1) is 17.7 Å². The summed E-state index contributed by atoms with van der Waals surface area (Å²) < 4.78 is 15.6. The van der Waals surface area contributed by atoms with Gasteiger partial charge in [0, 0.05) is 26.1 Å². The number of likely N-dealkylation sites (N-methyl/N-ethyl adjacent to an activating group) is 1. The number of hydrogen-bond donors (Lipinski definition) is 4. The van der Waals surface area contributed by atoms with Crippen LogP contribution < -0.4 is 21.3 Å². The number of halogens is 1. The van der Waals surface area contributed by atoms with Gasteiger partial charge < -0.3 is 26.4 Å². The average Bonchev–Trinajstić information content (AvgIpc) is 2.97. The molecule has 1 fully saturated rings. The number of aryl methyl sites for hydroxylation is 2. The Morgan fingerprint density at radius 2 is 1.86 bits per heavy atom. The Labute approximate surface area is 248 Å². The third-order valence-electron chi connectivity index (χ3n) is 9.01. The van der Waals surface area contributed by atoms with Crippen LogP contribution in [-0.4, -0.2) is 71.8 Å². The summed E-state index contributed by atoms with van der Waals surface area (Å²) in [4.78, 5) is 25.0. The number of β-amino-alcohol motifs (C(OH)–C–C–N with tert-alkyl or cyclic N) is 1. The minimum Gasteiger partial charge on any atom is -0.391 e. The van der Waals surface area contributed by atoms with E-state index in [1.807, 2.05) is 95.2 Å². The van der Waals surface area contributed by atoms with Crippen LogP contribution in [0.15, 0.2) is 54.9 Å². The van der Waals surface area contributed by atoms with E-state index in [0.717, 1.165) is 22.3 Å². The number of amides is 1. The highest BCUT2D eigenvalue weighted by Gasteiger charge is 2.45. The zero-order valence-corrected chi connectivity index (χ0v) is 25.4. The van der Waals surface area contributed by atoms with Gasteiger partial charge in [-0.15, -0.1) is 0 Å². The molecule has 42 heavy (non-hydrogen) atoms. The third-order valence-corrected chi connectivity index (χ3v) is 9.01. The first-order valence-electron chi connectivity index (χ1n) is 14.5. The van der Waals surface area contributed by atoms with Crippen molar-refractivity contribution < 1.29 is 14.3 Å². The van der Waals surface area contributed by atoms with Crippen molar-refractivity contribution in [2.45, 2.75) is 57.8 Å². The molecule has 5 atom stereocenters. The van der Waals surface area contributed by atoms with Crippen molar-refractivity contribution in [1.29, 1.82) is 0 Å². The molecule has 2 heterocycles. The largest absolute Gasteiger partial charge is 0.391 e. The van der Waals surface area contributed by atoms with Gasteiger partial charge in [0.25, 0.3) is 0 Å². The van der Waals surface area contributed by atoms with Crippen molar-refractivity contribution in [1.82, 2.24) is 20.2 Å². The molecule has 0 aliphatic carbocycles. The van der Waals surface area contributed by atoms with Gasteiger partial charge >= 0.3 is 0 Å². The van der Waals surface area contributed by atoms with Gasteiger partial charge in [0.1, 0.15) is 12.4 Å². The number of nitrogens with one attached hydrogen (secondary N) is 2. The molecule has 1 aromatic heterocycles. The monoisotopic (exact) mass is 577 g/mol. The molecule has 1 saturated heterocycles. The predicted molar refractivity (Wildman–Crippen MR) is 165 cm³/mol. The summed E-state index contributed by atoms with van der Waals surface area (Å²) in [7, 11) is 3.63. The molecule has 0 saturated carbocycles. The number of primary amides is 1. The first kappa shape index (κ1) is 31.3. The van der Waals surface area contributed by atoms with E-state index in [4.69, 9.17) is 5.73 Å². The maximum absolute atomic E-state index is 15.6. The van der Waals surface area contributed by atoms with Crippen molar-refractivity contribution in [3.05, 3.63) is 82.9 Å². The lowest BCUT2D eigenvalue weighted by Gasteiger charge is -2.47. The predicted octanol–water partition coefficient (Wildman–Crippen LogP) is 3.51. The molecule has 3 unspecified atom stereocenters. The topological polar surface area (TPSA) is 120 Å². The molecule has 1 aliphatic rings. The first-order chi connectivity index (χ1) is 20.0. The third kappa shape index (κ3) is 6.25. The highest BCUT2D eigenvalue weighted by atomic mass is 19.1. The number of carbonyl (C=O) groups excluding carboxylic acids is 1. The van der Waals surface area contributed by atoms with Crippen molar-refractivity contribution in [2.75, 3.05) is 43.9 Å². The van der Waals surface area contributed by atoms with Gasteiger partial charge in [-0.05, 0) is 70.0 Å². The second-order valence-electron chi connectivity index (χ2n) is 11.6. The summed E-state index contributed by atoms with van der Waals surface area (Å²) in [6.07, 6.45) is 1.19. The van der Waals surface area contributed by atoms with Gasteiger partial charge in [0.2, 0.25) is 11.7 Å². The standard InChI is InChI=1S/C32H44FN7O2/c1-20-11-7-9-13-24(20)22(3)39(6)31-27(33)30(37-19-38-31)36-17-23-15-16-40(18-26(23)41)28(29(34)42)32(4,35-5)25-14-10-8-12-21(25)2/h7-14,19,22-23,26,28,35,41H,15-18H2,1-6H3,(H2,34,42)(H,36,37,38)/t22?,23-,26+,28?,32?/m1/s1. The number of nitrogens with zero attached hydrogens (tertiary/aromatic N) is 4. The number of piperidine rings is 1. The number of likely N-dealkylation sites (tertiary alicyclic amines) is 1. The Kier molecular flexibility index (Phi) is 9.81. The number of aliphatic hydroxyl groups is 1. The maximum Gasteiger partial charge on any atom is 0.237 e. The van der Waals surface area contributed by atoms with Gasteiger partial charge in [-0.25, -0.2) is 9.97 Å². The highest BCUT2D eigenvalue weighted by molar-refractivity contribution is 5.82. The van der Waals surface area contributed by atoms with Crippen LogP contribution in [0.3, 0.4) is 0 Å². The summed E-state index contributed by atoms with van der Waals surface area (Å²) in [6, 6.07) is 15.2. The fraction of sp³-hybridized carbons (Fsp3) is 0.469. The highest BCUT2D eigenvalue weighted by Crippen LogP contribution is 2.34. The Bertz CT molecular complexity index is 1390. The Morgan fingerprint density at radius 3 is 2.48 bits per heavy atom. The Morgan fingerprint density at radius 1 is 1.19 bits per heavy atom. The van der Waals surface area contributed by atoms with E-state index in [1.165, 1.54) is 6.33 Å². The molecule has 1 aliphatic heterocycles. The van der Waals surface area contributed by atoms with Crippen molar-refractivity contribution >= 4 is 17.5 Å². The second kappa shape index (κ2) is 13.1. The van der Waals surface area contributed by atoms with Crippen LogP contribution in [0.1, 0.15) is 48.6 Å². The van der Waals surface area contributed by atoms with Crippen molar-refractivity contribution in [3.63, 3.8) is 0 Å². The van der Waals surface area contributed by atoms with Gasteiger partial charge in [0.15, 0.2) is 11.6 Å². The van der Waals surface area contributed by atoms with E-state index >= 15 is 4.39 Å². The molecule has 4 rings (SSSR count). The maximum atomic E-state index is 15.6. The molecule has 0 radical (unpaired) electrons. The van der Waals surface area contributed by atoms with Crippen molar-refractivity contribution in [2.24, 2.45) is 11.7 Å². The lowest BCUT2D eigenvalue weighted by atomic mass is 9.79. The number of hydrogen-bond acceptors (Lipinski definition) is 8. The first-order valence-corrected chi connectivity index (χ1v) is 14.5. The lowest BCUT2D eigenvalue weighted by molar-refractivity contribution is -0.128. The number of nitrogens with two attached hydrogens (primary N) is 1. The van der Waals surface area contributed by atoms with E-state index in [9.17, 15) is 9.90 Å². The van der Waals surface area contributed by atoms with Crippen LogP contribution in [0, 0.1) is 25.6 Å². The van der Waals surface area contributed by atoms with Crippen LogP contribution >= 0.6 is 0 Å². The molecule has 1 amide bonds. The number of aromatic nitrogens is 2. The van der Waals surface area contributed by atoms with Crippen LogP contribution in [-0.2, 0) is 10.3 Å². The molecule has 5 N–H and O–H groups in total. The molecule has 9 nitrogen and oxygen atoms in total. The van der Waals surface area contributed by atoms with Crippen molar-refractivity contribution in [3.8, 4) is 0 Å². The van der Waals surface area contributed by atoms with Gasteiger partial charge in [-0.3, -0.25) is 9.69 Å². The van der Waals surface area contributed by atoms with E-state index in [0.29, 0.717) is 19.5 Å². The molecule has 10 heteroatoms. The zero-order chi connectivity index (χ0) is 30.6. The average molecular weight is 578 g/mol. The molecule has 2 aromatic carbocycles. The SMILES string of the molecule is CNC(C)(c1ccccc1C)C(C(N)=O)N1CC[C@H](CNc2ncnc(N(C)C(C)c3ccccc3C)c2F)[C@@H](O)C1. The summed E-state index contributed by atoms with van der Waals surface area (Å²) in [5.74, 6) is -0.876. The zero-order valence-electron chi connectivity index (χ0n) is 25.4. The second-order valence-corrected chi connectivity index (χ2v) is 11.6. The number of anilines is 2. The molecule has 0 bridgehead atoms. The fourth-order valence-corrected chi connectivity index (χ4v) is 6.29. The molecule has 226 valence electrons. The smallest absolute Gasteiger partial charge is 0.237 e. The van der Waals surface area contributed by atoms with Crippen LogP contribution in [0.25, 0.3) is 0 Å². The minimum absolute atomic E-state index is 0.0933. The lowest BCUT2D eigenvalue weighted by Crippen LogP contribution is -2.64. The summed E-state index contributed by atoms with van der Waals surface area (Å²) in [5, 5.41) is 17.6. The summed E-state index contributed by atoms with van der Waals surface area (Å²) in [5.41, 5.74) is 9.46. The number of rotatable bonds is 11. The van der Waals surface area contributed by atoms with E-state index in [1.54, 1.807) is 4.90 Å². The number of benzene rings is 2. The van der Waals surface area contributed by atoms with Crippen LogP contribution in [0.2, 0.25) is 0 Å². The molecular weight excluding hydrogens is 533 g/mol. The van der Waals surface area contributed by atoms with E-state index in [-0.39, 0.29) is 30.1 Å². The normalized spacial score (nSPS) is 20.4. The van der Waals surface area contributed by atoms with Crippen LogP contribution in [0.5, 0.6) is 0 Å². The van der Waals surface area contributed by atoms with Gasteiger partial charge in [-0.1, -0.05) is 48.5 Å². The van der Waals surface area contributed by atoms with Gasteiger partial charge in [-0.2, -0.15) is 4.39 Å². The summed E-state index contributed by atoms with van der Waals surface area (Å²) in [6.45, 7) is 9.16. The Balaban J connectivity index is 1.45.